The molecule has 7 heteroatoms. The molecule has 6 nitrogen and oxygen atoms in total. The highest BCUT2D eigenvalue weighted by Crippen LogP contribution is 2.17. The maximum absolute atomic E-state index is 11.8. The first-order valence-electron chi connectivity index (χ1n) is 5.21. The van der Waals surface area contributed by atoms with E-state index in [1.807, 2.05) is 0 Å². The molecular weight excluding hydrogens is 232 g/mol. The van der Waals surface area contributed by atoms with Crippen LogP contribution in [-0.4, -0.2) is 50.3 Å². The number of hydrogen-bond donors (Lipinski definition) is 1. The minimum atomic E-state index is -3.21. The third-order valence-electron chi connectivity index (χ3n) is 2.61. The van der Waals surface area contributed by atoms with Crippen LogP contribution in [0.3, 0.4) is 0 Å². The van der Waals surface area contributed by atoms with E-state index in [4.69, 9.17) is 0 Å². The molecule has 0 aromatic carbocycles. The molecule has 1 aliphatic heterocycles. The first-order chi connectivity index (χ1) is 7.37. The number of carbonyl (C=O) groups is 1. The molecule has 0 bridgehead atoms. The number of nitrogens with one attached hydrogen (secondary N) is 1. The van der Waals surface area contributed by atoms with Crippen LogP contribution in [0.1, 0.15) is 20.3 Å². The molecule has 0 spiro atoms. The van der Waals surface area contributed by atoms with Crippen LogP contribution in [0, 0.1) is 0 Å². The summed E-state index contributed by atoms with van der Waals surface area (Å²) in [6.45, 7) is 4.08. The van der Waals surface area contributed by atoms with Crippen molar-refractivity contribution in [3.8, 4) is 0 Å². The predicted molar refractivity (Wildman–Crippen MR) is 59.6 cm³/mol. The van der Waals surface area contributed by atoms with Crippen molar-refractivity contribution in [1.82, 2.24) is 9.62 Å². The van der Waals surface area contributed by atoms with Gasteiger partial charge in [-0.2, -0.15) is 4.31 Å². The average molecular weight is 250 g/mol. The van der Waals surface area contributed by atoms with Crippen LogP contribution in [-0.2, 0) is 14.8 Å². The maximum Gasteiger partial charge on any atom is 0.407 e. The molecule has 0 aromatic heterocycles. The van der Waals surface area contributed by atoms with Gasteiger partial charge in [0.1, 0.15) is 0 Å². The number of alkyl carbamates (subject to hydrolysis) is 1. The van der Waals surface area contributed by atoms with E-state index in [2.05, 4.69) is 10.1 Å². The summed E-state index contributed by atoms with van der Waals surface area (Å²) < 4.78 is 29.5. The molecule has 1 aliphatic rings. The smallest absolute Gasteiger partial charge is 0.407 e. The highest BCUT2D eigenvalue weighted by molar-refractivity contribution is 7.89. The maximum atomic E-state index is 11.8. The molecule has 16 heavy (non-hydrogen) atoms. The Balaban J connectivity index is 2.56. The molecule has 1 unspecified atom stereocenters. The average Bonchev–Trinajstić information content (AvgIpc) is 2.66. The summed E-state index contributed by atoms with van der Waals surface area (Å²) in [7, 11) is -1.93. The Morgan fingerprint density at radius 2 is 2.12 bits per heavy atom. The summed E-state index contributed by atoms with van der Waals surface area (Å²) >= 11 is 0. The monoisotopic (exact) mass is 250 g/mol. The molecule has 1 atom stereocenters. The zero-order valence-corrected chi connectivity index (χ0v) is 10.6. The molecule has 1 fully saturated rings. The van der Waals surface area contributed by atoms with E-state index in [9.17, 15) is 13.2 Å². The van der Waals surface area contributed by atoms with Crippen LogP contribution in [0.25, 0.3) is 0 Å². The minimum absolute atomic E-state index is 0.152. The summed E-state index contributed by atoms with van der Waals surface area (Å²) in [6.07, 6.45) is 0.106. The highest BCUT2D eigenvalue weighted by Gasteiger charge is 2.33. The first-order valence-corrected chi connectivity index (χ1v) is 6.71. The Morgan fingerprint density at radius 3 is 2.62 bits per heavy atom. The van der Waals surface area contributed by atoms with Gasteiger partial charge in [0.25, 0.3) is 0 Å². The van der Waals surface area contributed by atoms with Gasteiger partial charge in [0.15, 0.2) is 0 Å². The second-order valence-corrected chi connectivity index (χ2v) is 6.56. The van der Waals surface area contributed by atoms with Crippen molar-refractivity contribution in [2.75, 3.05) is 20.2 Å². The van der Waals surface area contributed by atoms with Crippen molar-refractivity contribution in [2.45, 2.75) is 31.6 Å². The van der Waals surface area contributed by atoms with Gasteiger partial charge in [-0.3, -0.25) is 0 Å². The van der Waals surface area contributed by atoms with Crippen LogP contribution in [0.5, 0.6) is 0 Å². The molecule has 1 amide bonds. The third-order valence-corrected chi connectivity index (χ3v) is 4.86. The van der Waals surface area contributed by atoms with Gasteiger partial charge in [0.2, 0.25) is 10.0 Å². The summed E-state index contributed by atoms with van der Waals surface area (Å²) in [5, 5.41) is 2.18. The fraction of sp³-hybridized carbons (Fsp3) is 0.889. The number of hydrogen-bond acceptors (Lipinski definition) is 4. The number of ether oxygens (including phenoxy) is 1. The third kappa shape index (κ3) is 2.85. The Kier molecular flexibility index (Phi) is 4.15. The summed E-state index contributed by atoms with van der Waals surface area (Å²) in [6, 6.07) is -0.152. The predicted octanol–water partition coefficient (Wildman–Crippen LogP) is 0.155. The van der Waals surface area contributed by atoms with Gasteiger partial charge in [-0.05, 0) is 20.3 Å². The van der Waals surface area contributed by atoms with Crippen molar-refractivity contribution < 1.29 is 17.9 Å². The minimum Gasteiger partial charge on any atom is -0.453 e. The quantitative estimate of drug-likeness (QED) is 0.774. The van der Waals surface area contributed by atoms with Crippen LogP contribution in [0.15, 0.2) is 0 Å². The molecule has 94 valence electrons. The van der Waals surface area contributed by atoms with Crippen molar-refractivity contribution in [1.29, 1.82) is 0 Å². The van der Waals surface area contributed by atoms with Gasteiger partial charge in [0.05, 0.1) is 12.4 Å². The zero-order valence-electron chi connectivity index (χ0n) is 9.76. The molecule has 1 saturated heterocycles. The standard InChI is InChI=1S/C9H18N2O4S/c1-7(2)16(13,14)11-5-4-8(6-11)10-9(12)15-3/h7-8H,4-6H2,1-3H3,(H,10,12). The fourth-order valence-corrected chi connectivity index (χ4v) is 2.94. The zero-order chi connectivity index (χ0) is 12.3. The van der Waals surface area contributed by atoms with Gasteiger partial charge in [-0.15, -0.1) is 0 Å². The van der Waals surface area contributed by atoms with E-state index >= 15 is 0 Å². The van der Waals surface area contributed by atoms with Crippen molar-refractivity contribution in [3.05, 3.63) is 0 Å². The van der Waals surface area contributed by atoms with Gasteiger partial charge < -0.3 is 10.1 Å². The molecule has 0 aliphatic carbocycles. The van der Waals surface area contributed by atoms with Crippen molar-refractivity contribution in [2.24, 2.45) is 0 Å². The van der Waals surface area contributed by atoms with E-state index < -0.39 is 21.4 Å². The lowest BCUT2D eigenvalue weighted by Gasteiger charge is -2.19. The summed E-state index contributed by atoms with van der Waals surface area (Å²) in [5.74, 6) is 0. The van der Waals surface area contributed by atoms with E-state index in [1.165, 1.54) is 11.4 Å². The van der Waals surface area contributed by atoms with E-state index in [1.54, 1.807) is 13.8 Å². The number of rotatable bonds is 3. The number of nitrogens with zero attached hydrogens (tertiary/aromatic N) is 1. The molecule has 1 rings (SSSR count). The van der Waals surface area contributed by atoms with Crippen LogP contribution < -0.4 is 5.32 Å². The van der Waals surface area contributed by atoms with E-state index in [0.29, 0.717) is 19.5 Å². The molecule has 0 radical (unpaired) electrons. The fourth-order valence-electron chi connectivity index (χ4n) is 1.60. The summed E-state index contributed by atoms with van der Waals surface area (Å²) in [4.78, 5) is 11.0. The number of carbonyl (C=O) groups excluding carboxylic acids is 1. The van der Waals surface area contributed by atoms with Crippen LogP contribution in [0.2, 0.25) is 0 Å². The molecule has 1 N–H and O–H groups in total. The lowest BCUT2D eigenvalue weighted by molar-refractivity contribution is 0.167. The van der Waals surface area contributed by atoms with E-state index in [-0.39, 0.29) is 6.04 Å². The number of sulfonamides is 1. The summed E-state index contributed by atoms with van der Waals surface area (Å²) in [5.41, 5.74) is 0. The lowest BCUT2D eigenvalue weighted by Crippen LogP contribution is -2.40. The number of amides is 1. The van der Waals surface area contributed by atoms with Crippen molar-refractivity contribution in [3.63, 3.8) is 0 Å². The molecule has 0 aromatic rings. The lowest BCUT2D eigenvalue weighted by atomic mass is 10.3. The first kappa shape index (κ1) is 13.2. The second-order valence-electron chi connectivity index (χ2n) is 4.07. The highest BCUT2D eigenvalue weighted by atomic mass is 32.2. The molecule has 1 heterocycles. The SMILES string of the molecule is COC(=O)NC1CCN(S(=O)(=O)C(C)C)C1. The van der Waals surface area contributed by atoms with Crippen LogP contribution >= 0.6 is 0 Å². The van der Waals surface area contributed by atoms with Gasteiger partial charge in [0, 0.05) is 19.1 Å². The van der Waals surface area contributed by atoms with E-state index in [0.717, 1.165) is 0 Å². The Bertz CT molecular complexity index is 353. The largest absolute Gasteiger partial charge is 0.453 e. The second kappa shape index (κ2) is 5.01. The normalized spacial score (nSPS) is 22.4. The number of methoxy groups -OCH3 is 1. The Hall–Kier alpha value is -0.820. The van der Waals surface area contributed by atoms with Gasteiger partial charge in [-0.25, -0.2) is 13.2 Å². The molecule has 0 saturated carbocycles. The van der Waals surface area contributed by atoms with Gasteiger partial charge in [-0.1, -0.05) is 0 Å². The molecular formula is C9H18N2O4S. The van der Waals surface area contributed by atoms with Crippen LogP contribution in [0.4, 0.5) is 4.79 Å². The topological polar surface area (TPSA) is 75.7 Å². The Morgan fingerprint density at radius 1 is 1.50 bits per heavy atom. The Labute approximate surface area is 96.0 Å². The van der Waals surface area contributed by atoms with Crippen molar-refractivity contribution >= 4 is 16.1 Å². The van der Waals surface area contributed by atoms with Gasteiger partial charge >= 0.3 is 6.09 Å².